The van der Waals surface area contributed by atoms with Crippen molar-refractivity contribution >= 4 is 27.3 Å². The lowest BCUT2D eigenvalue weighted by Gasteiger charge is -1.98. The second-order valence-corrected chi connectivity index (χ2v) is 4.25. The maximum atomic E-state index is 13.3. The molecular weight excluding hydrogens is 272 g/mol. The zero-order valence-corrected chi connectivity index (χ0v) is 9.20. The number of nitrogens with zero attached hydrogens (tertiary/aromatic N) is 1. The van der Waals surface area contributed by atoms with Crippen LogP contribution in [0.1, 0.15) is 0 Å². The van der Waals surface area contributed by atoms with Crippen LogP contribution >= 0.6 is 27.3 Å². The van der Waals surface area contributed by atoms with Crippen LogP contribution < -0.4 is 0 Å². The van der Waals surface area contributed by atoms with Crippen LogP contribution in [0.25, 0.3) is 10.6 Å². The maximum Gasteiger partial charge on any atom is 0.169 e. The van der Waals surface area contributed by atoms with E-state index in [0.717, 1.165) is 6.07 Å². The Morgan fingerprint density at radius 1 is 1.29 bits per heavy atom. The topological polar surface area (TPSA) is 12.9 Å². The van der Waals surface area contributed by atoms with E-state index in [-0.39, 0.29) is 5.56 Å². The summed E-state index contributed by atoms with van der Waals surface area (Å²) < 4.78 is 26.8. The fourth-order valence-electron chi connectivity index (χ4n) is 1.05. The molecule has 5 heteroatoms. The molecule has 0 radical (unpaired) electrons. The van der Waals surface area contributed by atoms with Crippen LogP contribution in [0.15, 0.2) is 28.2 Å². The molecule has 2 aromatic rings. The monoisotopic (exact) mass is 275 g/mol. The first-order chi connectivity index (χ1) is 6.68. The Kier molecular flexibility index (Phi) is 2.60. The number of thiazole rings is 1. The Labute approximate surface area is 91.5 Å². The molecule has 0 saturated carbocycles. The minimum atomic E-state index is -0.853. The molecule has 0 aliphatic heterocycles. The standard InChI is InChI=1S/C9H4BrF2NS/c10-7-4-14-9(13-7)5-2-1-3-6(11)8(5)12/h1-4H. The highest BCUT2D eigenvalue weighted by atomic mass is 79.9. The molecule has 1 aromatic carbocycles. The van der Waals surface area contributed by atoms with Gasteiger partial charge >= 0.3 is 0 Å². The second kappa shape index (κ2) is 3.74. The van der Waals surface area contributed by atoms with Gasteiger partial charge in [-0.05, 0) is 28.1 Å². The molecule has 1 heterocycles. The summed E-state index contributed by atoms with van der Waals surface area (Å²) in [5.74, 6) is -1.71. The predicted molar refractivity (Wildman–Crippen MR) is 55.2 cm³/mol. The van der Waals surface area contributed by atoms with Crippen LogP contribution in [0.2, 0.25) is 0 Å². The first-order valence-corrected chi connectivity index (χ1v) is 5.41. The normalized spacial score (nSPS) is 10.5. The number of hydrogen-bond acceptors (Lipinski definition) is 2. The average Bonchev–Trinajstić information content (AvgIpc) is 2.57. The fourth-order valence-corrected chi connectivity index (χ4v) is 2.32. The van der Waals surface area contributed by atoms with Crippen molar-refractivity contribution < 1.29 is 8.78 Å². The van der Waals surface area contributed by atoms with E-state index < -0.39 is 11.6 Å². The van der Waals surface area contributed by atoms with E-state index in [4.69, 9.17) is 0 Å². The molecule has 0 aliphatic rings. The van der Waals surface area contributed by atoms with E-state index in [1.54, 1.807) is 5.38 Å². The highest BCUT2D eigenvalue weighted by molar-refractivity contribution is 9.10. The van der Waals surface area contributed by atoms with Crippen molar-refractivity contribution in [1.82, 2.24) is 4.98 Å². The minimum absolute atomic E-state index is 0.195. The summed E-state index contributed by atoms with van der Waals surface area (Å²) in [6.07, 6.45) is 0. The summed E-state index contributed by atoms with van der Waals surface area (Å²) in [6.45, 7) is 0. The van der Waals surface area contributed by atoms with Crippen molar-refractivity contribution in [1.29, 1.82) is 0 Å². The van der Waals surface area contributed by atoms with Crippen molar-refractivity contribution in [3.05, 3.63) is 39.8 Å². The Morgan fingerprint density at radius 2 is 2.07 bits per heavy atom. The quantitative estimate of drug-likeness (QED) is 0.771. The lowest BCUT2D eigenvalue weighted by molar-refractivity contribution is 0.511. The van der Waals surface area contributed by atoms with Crippen LogP contribution in [-0.2, 0) is 0 Å². The van der Waals surface area contributed by atoms with Gasteiger partial charge in [0.05, 0.1) is 0 Å². The zero-order chi connectivity index (χ0) is 10.1. The Balaban J connectivity index is 2.57. The van der Waals surface area contributed by atoms with Crippen molar-refractivity contribution in [3.8, 4) is 10.6 Å². The third kappa shape index (κ3) is 1.69. The van der Waals surface area contributed by atoms with Gasteiger partial charge < -0.3 is 0 Å². The van der Waals surface area contributed by atoms with E-state index in [2.05, 4.69) is 20.9 Å². The molecule has 1 nitrogen and oxygen atoms in total. The molecule has 0 amide bonds. The predicted octanol–water partition coefficient (Wildman–Crippen LogP) is 3.85. The van der Waals surface area contributed by atoms with Gasteiger partial charge in [-0.3, -0.25) is 0 Å². The van der Waals surface area contributed by atoms with Crippen LogP contribution in [0.5, 0.6) is 0 Å². The highest BCUT2D eigenvalue weighted by Gasteiger charge is 2.12. The Bertz CT molecular complexity index is 470. The molecule has 0 aliphatic carbocycles. The fraction of sp³-hybridized carbons (Fsp3) is 0. The second-order valence-electron chi connectivity index (χ2n) is 2.58. The van der Waals surface area contributed by atoms with Crippen LogP contribution in [0.3, 0.4) is 0 Å². The molecule has 0 atom stereocenters. The smallest absolute Gasteiger partial charge is 0.169 e. The molecule has 2 rings (SSSR count). The summed E-state index contributed by atoms with van der Waals surface area (Å²) in [6, 6.07) is 4.05. The molecule has 0 bridgehead atoms. The molecule has 0 saturated heterocycles. The minimum Gasteiger partial charge on any atom is -0.229 e. The molecular formula is C9H4BrF2NS. The molecule has 1 aromatic heterocycles. The summed E-state index contributed by atoms with van der Waals surface area (Å²) in [7, 11) is 0. The summed E-state index contributed by atoms with van der Waals surface area (Å²) in [4.78, 5) is 4.01. The Morgan fingerprint density at radius 3 is 2.71 bits per heavy atom. The molecule has 0 spiro atoms. The van der Waals surface area contributed by atoms with Crippen molar-refractivity contribution in [3.63, 3.8) is 0 Å². The van der Waals surface area contributed by atoms with E-state index in [1.165, 1.54) is 23.5 Å². The van der Waals surface area contributed by atoms with Crippen molar-refractivity contribution in [2.45, 2.75) is 0 Å². The van der Waals surface area contributed by atoms with Gasteiger partial charge in [0, 0.05) is 10.9 Å². The van der Waals surface area contributed by atoms with E-state index >= 15 is 0 Å². The summed E-state index contributed by atoms with van der Waals surface area (Å²) >= 11 is 4.42. The maximum absolute atomic E-state index is 13.3. The third-order valence-corrected chi connectivity index (χ3v) is 3.24. The molecule has 0 unspecified atom stereocenters. The van der Waals surface area contributed by atoms with Crippen molar-refractivity contribution in [2.24, 2.45) is 0 Å². The van der Waals surface area contributed by atoms with Crippen LogP contribution in [0, 0.1) is 11.6 Å². The van der Waals surface area contributed by atoms with E-state index in [9.17, 15) is 8.78 Å². The number of rotatable bonds is 1. The van der Waals surface area contributed by atoms with Gasteiger partial charge in [0.1, 0.15) is 9.61 Å². The number of halogens is 3. The molecule has 0 fully saturated rings. The molecule has 14 heavy (non-hydrogen) atoms. The largest absolute Gasteiger partial charge is 0.229 e. The van der Waals surface area contributed by atoms with Gasteiger partial charge in [0.15, 0.2) is 11.6 Å². The summed E-state index contributed by atoms with van der Waals surface area (Å²) in [5.41, 5.74) is 0.195. The number of hydrogen-bond donors (Lipinski definition) is 0. The highest BCUT2D eigenvalue weighted by Crippen LogP contribution is 2.28. The van der Waals surface area contributed by atoms with Gasteiger partial charge in [0.25, 0.3) is 0 Å². The van der Waals surface area contributed by atoms with Gasteiger partial charge in [-0.2, -0.15) is 0 Å². The molecule has 72 valence electrons. The molecule has 0 N–H and O–H groups in total. The van der Waals surface area contributed by atoms with Gasteiger partial charge in [-0.25, -0.2) is 13.8 Å². The van der Waals surface area contributed by atoms with E-state index in [0.29, 0.717) is 9.61 Å². The summed E-state index contributed by atoms with van der Waals surface area (Å²) in [5, 5.41) is 2.19. The van der Waals surface area contributed by atoms with Gasteiger partial charge in [0.2, 0.25) is 0 Å². The average molecular weight is 276 g/mol. The van der Waals surface area contributed by atoms with Crippen molar-refractivity contribution in [2.75, 3.05) is 0 Å². The first-order valence-electron chi connectivity index (χ1n) is 3.74. The Hall–Kier alpha value is -0.810. The van der Waals surface area contributed by atoms with Crippen LogP contribution in [0.4, 0.5) is 8.78 Å². The first kappa shape index (κ1) is 9.73. The lowest BCUT2D eigenvalue weighted by atomic mass is 10.2. The third-order valence-electron chi connectivity index (χ3n) is 1.66. The number of benzene rings is 1. The SMILES string of the molecule is Fc1cccc(-c2nc(Br)cs2)c1F. The van der Waals surface area contributed by atoms with Gasteiger partial charge in [-0.1, -0.05) is 6.07 Å². The number of aromatic nitrogens is 1. The van der Waals surface area contributed by atoms with Gasteiger partial charge in [-0.15, -0.1) is 11.3 Å². The lowest BCUT2D eigenvalue weighted by Crippen LogP contribution is -1.87. The zero-order valence-electron chi connectivity index (χ0n) is 6.80. The van der Waals surface area contributed by atoms with E-state index in [1.807, 2.05) is 0 Å². The van der Waals surface area contributed by atoms with Crippen LogP contribution in [-0.4, -0.2) is 4.98 Å².